The quantitative estimate of drug-likeness (QED) is 0.523. The molecule has 0 aromatic carbocycles. The number of nitrogens with zero attached hydrogens (tertiary/aromatic N) is 1. The first kappa shape index (κ1) is 11.3. The van der Waals surface area contributed by atoms with E-state index in [-0.39, 0.29) is 12.1 Å². The molecule has 0 radical (unpaired) electrons. The summed E-state index contributed by atoms with van der Waals surface area (Å²) in [4.78, 5) is 4.09. The van der Waals surface area contributed by atoms with Gasteiger partial charge in [0.05, 0.1) is 12.1 Å². The maximum atomic E-state index is 5.68. The standard InChI is InChI=1S/C10H21N3O/c1-3-12-10(11)13-8(2)9-6-4-5-7-14-9/h8-9H,3-7H2,1-2H3,(H3,11,12,13). The molecule has 2 unspecified atom stereocenters. The van der Waals surface area contributed by atoms with Gasteiger partial charge in [-0.1, -0.05) is 0 Å². The van der Waals surface area contributed by atoms with E-state index in [2.05, 4.69) is 17.2 Å². The van der Waals surface area contributed by atoms with E-state index in [9.17, 15) is 0 Å². The minimum absolute atomic E-state index is 0.255. The molecule has 0 aromatic rings. The van der Waals surface area contributed by atoms with Gasteiger partial charge >= 0.3 is 0 Å². The van der Waals surface area contributed by atoms with Crippen LogP contribution in [0.5, 0.6) is 0 Å². The van der Waals surface area contributed by atoms with Crippen LogP contribution in [0.4, 0.5) is 0 Å². The number of nitrogens with two attached hydrogens (primary N) is 1. The maximum absolute atomic E-state index is 5.68. The number of ether oxygens (including phenoxy) is 1. The average Bonchev–Trinajstić information content (AvgIpc) is 2.19. The highest BCUT2D eigenvalue weighted by molar-refractivity contribution is 5.78. The van der Waals surface area contributed by atoms with Gasteiger partial charge in [0.25, 0.3) is 0 Å². The maximum Gasteiger partial charge on any atom is 0.188 e. The largest absolute Gasteiger partial charge is 0.376 e. The van der Waals surface area contributed by atoms with Crippen LogP contribution in [0, 0.1) is 0 Å². The Bertz CT molecular complexity index is 188. The first-order valence-electron chi connectivity index (χ1n) is 5.42. The summed E-state index contributed by atoms with van der Waals surface area (Å²) in [6.45, 7) is 5.66. The van der Waals surface area contributed by atoms with Crippen molar-refractivity contribution in [1.29, 1.82) is 0 Å². The Morgan fingerprint density at radius 2 is 2.43 bits per heavy atom. The zero-order chi connectivity index (χ0) is 10.4. The van der Waals surface area contributed by atoms with E-state index in [1.165, 1.54) is 12.8 Å². The first-order chi connectivity index (χ1) is 6.74. The third kappa shape index (κ3) is 3.54. The molecule has 0 aromatic heterocycles. The Morgan fingerprint density at radius 1 is 1.64 bits per heavy atom. The summed E-state index contributed by atoms with van der Waals surface area (Å²) >= 11 is 0. The third-order valence-corrected chi connectivity index (χ3v) is 2.48. The van der Waals surface area contributed by atoms with E-state index in [0.717, 1.165) is 19.6 Å². The molecule has 1 fully saturated rings. The Labute approximate surface area is 85.9 Å². The number of nitrogens with one attached hydrogen (secondary N) is 1. The SMILES string of the molecule is CCN=C(N)NC(C)C1CCCCO1. The zero-order valence-corrected chi connectivity index (χ0v) is 9.12. The van der Waals surface area contributed by atoms with Crippen molar-refractivity contribution >= 4 is 5.96 Å². The van der Waals surface area contributed by atoms with Crippen molar-refractivity contribution in [3.8, 4) is 0 Å². The van der Waals surface area contributed by atoms with Crippen LogP contribution in [0.3, 0.4) is 0 Å². The molecule has 0 spiro atoms. The second-order valence-electron chi connectivity index (χ2n) is 3.70. The van der Waals surface area contributed by atoms with Gasteiger partial charge < -0.3 is 15.8 Å². The molecule has 1 aliphatic rings. The molecule has 1 aliphatic heterocycles. The van der Waals surface area contributed by atoms with Crippen LogP contribution >= 0.6 is 0 Å². The van der Waals surface area contributed by atoms with Gasteiger partial charge in [-0.15, -0.1) is 0 Å². The summed E-state index contributed by atoms with van der Waals surface area (Å²) in [5.41, 5.74) is 5.68. The lowest BCUT2D eigenvalue weighted by molar-refractivity contribution is 0.0000439. The van der Waals surface area contributed by atoms with Crippen LogP contribution in [0.2, 0.25) is 0 Å². The molecule has 4 heteroatoms. The molecule has 0 aliphatic carbocycles. The number of hydrogen-bond donors (Lipinski definition) is 2. The van der Waals surface area contributed by atoms with Crippen LogP contribution in [0.15, 0.2) is 4.99 Å². The van der Waals surface area contributed by atoms with Crippen molar-refractivity contribution < 1.29 is 4.74 Å². The summed E-state index contributed by atoms with van der Waals surface area (Å²) in [6, 6.07) is 0.255. The van der Waals surface area contributed by atoms with E-state index in [4.69, 9.17) is 10.5 Å². The normalized spacial score (nSPS) is 25.9. The van der Waals surface area contributed by atoms with Crippen molar-refractivity contribution in [2.24, 2.45) is 10.7 Å². The molecule has 0 amide bonds. The van der Waals surface area contributed by atoms with Crippen LogP contribution in [0.25, 0.3) is 0 Å². The van der Waals surface area contributed by atoms with Gasteiger partial charge in [0.1, 0.15) is 0 Å². The molecule has 4 nitrogen and oxygen atoms in total. The summed E-state index contributed by atoms with van der Waals surface area (Å²) in [6.07, 6.45) is 3.84. The summed E-state index contributed by atoms with van der Waals surface area (Å²) < 4.78 is 5.65. The molecule has 1 saturated heterocycles. The highest BCUT2D eigenvalue weighted by Crippen LogP contribution is 2.15. The molecule has 0 bridgehead atoms. The molecule has 1 rings (SSSR count). The fourth-order valence-electron chi connectivity index (χ4n) is 1.70. The number of guanidine groups is 1. The number of aliphatic imine (C=N–C) groups is 1. The van der Waals surface area contributed by atoms with Crippen LogP contribution < -0.4 is 11.1 Å². The first-order valence-corrected chi connectivity index (χ1v) is 5.42. The fourth-order valence-corrected chi connectivity index (χ4v) is 1.70. The molecule has 2 atom stereocenters. The van der Waals surface area contributed by atoms with Crippen LogP contribution in [-0.4, -0.2) is 31.3 Å². The van der Waals surface area contributed by atoms with E-state index >= 15 is 0 Å². The topological polar surface area (TPSA) is 59.6 Å². The molecule has 1 heterocycles. The Balaban J connectivity index is 2.32. The van der Waals surface area contributed by atoms with E-state index in [1.54, 1.807) is 0 Å². The van der Waals surface area contributed by atoms with E-state index < -0.39 is 0 Å². The minimum atomic E-state index is 0.255. The lowest BCUT2D eigenvalue weighted by atomic mass is 10.0. The smallest absolute Gasteiger partial charge is 0.188 e. The summed E-state index contributed by atoms with van der Waals surface area (Å²) in [5, 5.41) is 3.15. The Hall–Kier alpha value is -0.770. The summed E-state index contributed by atoms with van der Waals surface area (Å²) in [5.74, 6) is 0.522. The highest BCUT2D eigenvalue weighted by Gasteiger charge is 2.20. The van der Waals surface area contributed by atoms with Gasteiger partial charge in [-0.25, -0.2) is 0 Å². The van der Waals surface area contributed by atoms with E-state index in [1.807, 2.05) is 6.92 Å². The van der Waals surface area contributed by atoms with Gasteiger partial charge in [-0.05, 0) is 33.1 Å². The van der Waals surface area contributed by atoms with Gasteiger partial charge in [-0.3, -0.25) is 4.99 Å². The molecule has 3 N–H and O–H groups in total. The second kappa shape index (κ2) is 5.86. The van der Waals surface area contributed by atoms with Crippen LogP contribution in [0.1, 0.15) is 33.1 Å². The monoisotopic (exact) mass is 199 g/mol. The third-order valence-electron chi connectivity index (χ3n) is 2.48. The molecular weight excluding hydrogens is 178 g/mol. The minimum Gasteiger partial charge on any atom is -0.376 e. The predicted molar refractivity (Wildman–Crippen MR) is 58.4 cm³/mol. The van der Waals surface area contributed by atoms with Gasteiger partial charge in [0.2, 0.25) is 0 Å². The number of hydrogen-bond acceptors (Lipinski definition) is 2. The highest BCUT2D eigenvalue weighted by atomic mass is 16.5. The fraction of sp³-hybridized carbons (Fsp3) is 0.900. The predicted octanol–water partition coefficient (Wildman–Crippen LogP) is 0.868. The van der Waals surface area contributed by atoms with Crippen molar-refractivity contribution in [2.45, 2.75) is 45.3 Å². The second-order valence-corrected chi connectivity index (χ2v) is 3.70. The number of rotatable bonds is 3. The van der Waals surface area contributed by atoms with Crippen molar-refractivity contribution in [3.63, 3.8) is 0 Å². The lowest BCUT2D eigenvalue weighted by Crippen LogP contribution is -2.46. The zero-order valence-electron chi connectivity index (χ0n) is 9.12. The summed E-state index contributed by atoms with van der Waals surface area (Å²) in [7, 11) is 0. The van der Waals surface area contributed by atoms with Gasteiger partial charge in [0.15, 0.2) is 5.96 Å². The van der Waals surface area contributed by atoms with Crippen molar-refractivity contribution in [2.75, 3.05) is 13.2 Å². The van der Waals surface area contributed by atoms with Crippen LogP contribution in [-0.2, 0) is 4.74 Å². The average molecular weight is 199 g/mol. The molecule has 14 heavy (non-hydrogen) atoms. The van der Waals surface area contributed by atoms with Crippen molar-refractivity contribution in [3.05, 3.63) is 0 Å². The molecule has 0 saturated carbocycles. The van der Waals surface area contributed by atoms with Crippen molar-refractivity contribution in [1.82, 2.24) is 5.32 Å². The Kier molecular flexibility index (Phi) is 4.73. The van der Waals surface area contributed by atoms with E-state index in [0.29, 0.717) is 5.96 Å². The molecule has 82 valence electrons. The lowest BCUT2D eigenvalue weighted by Gasteiger charge is -2.28. The van der Waals surface area contributed by atoms with Gasteiger partial charge in [-0.2, -0.15) is 0 Å². The molecular formula is C10H21N3O. The Morgan fingerprint density at radius 3 is 3.00 bits per heavy atom. The van der Waals surface area contributed by atoms with Gasteiger partial charge in [0, 0.05) is 13.2 Å².